The fourth-order valence-electron chi connectivity index (χ4n) is 3.99. The number of nitrogens with zero attached hydrogens (tertiary/aromatic N) is 2. The van der Waals surface area contributed by atoms with Crippen LogP contribution in [0, 0.1) is 0 Å². The minimum Gasteiger partial charge on any atom is -0.308 e. The average molecular weight is 355 g/mol. The van der Waals surface area contributed by atoms with E-state index in [1.165, 1.54) is 16.7 Å². The Kier molecular flexibility index (Phi) is 3.91. The summed E-state index contributed by atoms with van der Waals surface area (Å²) in [5.41, 5.74) is 5.76. The van der Waals surface area contributed by atoms with Gasteiger partial charge in [-0.1, -0.05) is 48.5 Å². The van der Waals surface area contributed by atoms with Crippen LogP contribution in [0.15, 0.2) is 77.7 Å². The molecule has 1 aliphatic heterocycles. The number of rotatable bonds is 3. The topological polar surface area (TPSA) is 40.5 Å². The maximum atomic E-state index is 12.3. The van der Waals surface area contributed by atoms with Gasteiger partial charge in [0.05, 0.1) is 10.9 Å². The number of hydrogen-bond acceptors (Lipinski definition) is 2. The lowest BCUT2D eigenvalue weighted by molar-refractivity contribution is 0.294. The van der Waals surface area contributed by atoms with Crippen molar-refractivity contribution in [3.8, 4) is 0 Å². The number of para-hydroxylation sites is 1. The smallest absolute Gasteiger partial charge is 0.258 e. The van der Waals surface area contributed by atoms with Crippen molar-refractivity contribution in [2.75, 3.05) is 13.1 Å². The molecule has 0 atom stereocenters. The first-order chi connectivity index (χ1) is 13.3. The Morgan fingerprint density at radius 1 is 1.00 bits per heavy atom. The monoisotopic (exact) mass is 355 g/mol. The summed E-state index contributed by atoms with van der Waals surface area (Å²) in [6.07, 6.45) is 5.55. The van der Waals surface area contributed by atoms with Crippen molar-refractivity contribution in [3.05, 3.63) is 94.4 Å². The second-order valence-electron chi connectivity index (χ2n) is 7.16. The Morgan fingerprint density at radius 2 is 1.81 bits per heavy atom. The van der Waals surface area contributed by atoms with E-state index in [0.717, 1.165) is 42.6 Å². The normalized spacial score (nSPS) is 15.3. The summed E-state index contributed by atoms with van der Waals surface area (Å²) in [5.74, 6) is 0. The van der Waals surface area contributed by atoms with Crippen molar-refractivity contribution in [2.24, 2.45) is 0 Å². The van der Waals surface area contributed by atoms with Crippen molar-refractivity contribution in [1.82, 2.24) is 14.3 Å². The minimum atomic E-state index is -0.0313. The Morgan fingerprint density at radius 3 is 2.63 bits per heavy atom. The van der Waals surface area contributed by atoms with E-state index in [1.807, 2.05) is 24.3 Å². The van der Waals surface area contributed by atoms with Crippen molar-refractivity contribution in [2.45, 2.75) is 13.0 Å². The Labute approximate surface area is 157 Å². The number of aromatic nitrogens is 2. The van der Waals surface area contributed by atoms with Gasteiger partial charge < -0.3 is 9.38 Å². The van der Waals surface area contributed by atoms with E-state index in [-0.39, 0.29) is 5.56 Å². The molecule has 2 aromatic carbocycles. The Hall–Kier alpha value is -3.11. The molecule has 0 spiro atoms. The van der Waals surface area contributed by atoms with Crippen LogP contribution in [0.3, 0.4) is 0 Å². The molecule has 2 aromatic heterocycles. The van der Waals surface area contributed by atoms with Crippen molar-refractivity contribution in [3.63, 3.8) is 0 Å². The van der Waals surface area contributed by atoms with Gasteiger partial charge in [0.2, 0.25) is 0 Å². The molecule has 0 fully saturated rings. The highest BCUT2D eigenvalue weighted by atomic mass is 16.1. The van der Waals surface area contributed by atoms with Gasteiger partial charge >= 0.3 is 0 Å². The summed E-state index contributed by atoms with van der Waals surface area (Å²) < 4.78 is 2.08. The number of aromatic amines is 1. The van der Waals surface area contributed by atoms with Gasteiger partial charge in [-0.05, 0) is 41.3 Å². The van der Waals surface area contributed by atoms with Crippen LogP contribution in [-0.4, -0.2) is 27.4 Å². The van der Waals surface area contributed by atoms with E-state index in [4.69, 9.17) is 0 Å². The molecule has 1 N–H and O–H groups in total. The third-order valence-electron chi connectivity index (χ3n) is 5.37. The van der Waals surface area contributed by atoms with E-state index in [9.17, 15) is 4.79 Å². The van der Waals surface area contributed by atoms with Crippen LogP contribution in [0.2, 0.25) is 0 Å². The molecule has 1 aliphatic rings. The zero-order valence-electron chi connectivity index (χ0n) is 15.1. The number of H-pyrrole nitrogens is 1. The standard InChI is InChI=1S/C23H21N3O/c27-23-20-8-4-5-9-21(20)26-16-17(14-22(26)24-23)15-25-12-10-19(11-13-25)18-6-2-1-3-7-18/h1-10,14,16H,11-13,15H2,(H,24,27). The third kappa shape index (κ3) is 2.98. The van der Waals surface area contributed by atoms with Gasteiger partial charge in [-0.15, -0.1) is 0 Å². The average Bonchev–Trinajstić information content (AvgIpc) is 3.12. The van der Waals surface area contributed by atoms with Gasteiger partial charge in [0.1, 0.15) is 5.65 Å². The highest BCUT2D eigenvalue weighted by Crippen LogP contribution is 2.23. The summed E-state index contributed by atoms with van der Waals surface area (Å²) in [4.78, 5) is 17.7. The van der Waals surface area contributed by atoms with Crippen molar-refractivity contribution in [1.29, 1.82) is 0 Å². The fourth-order valence-corrected chi connectivity index (χ4v) is 3.99. The molecule has 0 aliphatic carbocycles. The number of nitrogens with one attached hydrogen (secondary N) is 1. The molecular formula is C23H21N3O. The summed E-state index contributed by atoms with van der Waals surface area (Å²) in [5, 5.41) is 0.723. The largest absolute Gasteiger partial charge is 0.308 e. The minimum absolute atomic E-state index is 0.0313. The maximum Gasteiger partial charge on any atom is 0.258 e. The highest BCUT2D eigenvalue weighted by molar-refractivity contribution is 5.80. The van der Waals surface area contributed by atoms with Gasteiger partial charge in [0.25, 0.3) is 5.56 Å². The molecule has 5 rings (SSSR count). The van der Waals surface area contributed by atoms with Gasteiger partial charge in [-0.2, -0.15) is 0 Å². The van der Waals surface area contributed by atoms with Crippen LogP contribution in [0.25, 0.3) is 22.1 Å². The number of fused-ring (bicyclic) bond motifs is 3. The van der Waals surface area contributed by atoms with E-state index < -0.39 is 0 Å². The van der Waals surface area contributed by atoms with Crippen molar-refractivity contribution < 1.29 is 0 Å². The molecule has 3 heterocycles. The number of hydrogen-bond donors (Lipinski definition) is 1. The summed E-state index contributed by atoms with van der Waals surface area (Å²) >= 11 is 0. The molecule has 0 saturated carbocycles. The molecule has 0 radical (unpaired) electrons. The van der Waals surface area contributed by atoms with E-state index >= 15 is 0 Å². The molecule has 4 heteroatoms. The van der Waals surface area contributed by atoms with Crippen LogP contribution in [-0.2, 0) is 6.54 Å². The fraction of sp³-hybridized carbons (Fsp3) is 0.174. The molecule has 0 amide bonds. The van der Waals surface area contributed by atoms with Gasteiger partial charge in [0.15, 0.2) is 0 Å². The van der Waals surface area contributed by atoms with E-state index in [1.54, 1.807) is 0 Å². The van der Waals surface area contributed by atoms with Crippen LogP contribution in [0.4, 0.5) is 0 Å². The summed E-state index contributed by atoms with van der Waals surface area (Å²) in [7, 11) is 0. The van der Waals surface area contributed by atoms with Crippen LogP contribution >= 0.6 is 0 Å². The molecule has 4 nitrogen and oxygen atoms in total. The Balaban J connectivity index is 1.40. The predicted octanol–water partition coefficient (Wildman–Crippen LogP) is 4.07. The van der Waals surface area contributed by atoms with E-state index in [0.29, 0.717) is 0 Å². The second kappa shape index (κ2) is 6.56. The molecule has 0 unspecified atom stereocenters. The summed E-state index contributed by atoms with van der Waals surface area (Å²) in [6.45, 7) is 2.88. The molecule has 4 aromatic rings. The SMILES string of the molecule is O=c1[nH]c2cc(CN3CC=C(c4ccccc4)CC3)cn2c2ccccc12. The first-order valence-electron chi connectivity index (χ1n) is 9.37. The molecule has 0 saturated heterocycles. The van der Waals surface area contributed by atoms with Crippen molar-refractivity contribution >= 4 is 22.1 Å². The first kappa shape index (κ1) is 16.1. The third-order valence-corrected chi connectivity index (χ3v) is 5.37. The molecule has 0 bridgehead atoms. The van der Waals surface area contributed by atoms with Gasteiger partial charge in [-0.3, -0.25) is 9.69 Å². The van der Waals surface area contributed by atoms with Crippen LogP contribution in [0.1, 0.15) is 17.5 Å². The summed E-state index contributed by atoms with van der Waals surface area (Å²) in [6, 6.07) is 20.5. The molecular weight excluding hydrogens is 334 g/mol. The predicted molar refractivity (Wildman–Crippen MR) is 110 cm³/mol. The lowest BCUT2D eigenvalue weighted by atomic mass is 9.99. The lowest BCUT2D eigenvalue weighted by Crippen LogP contribution is -2.27. The maximum absolute atomic E-state index is 12.3. The van der Waals surface area contributed by atoms with Gasteiger partial charge in [0, 0.05) is 25.8 Å². The van der Waals surface area contributed by atoms with E-state index in [2.05, 4.69) is 63.0 Å². The van der Waals surface area contributed by atoms with Gasteiger partial charge in [-0.25, -0.2) is 0 Å². The lowest BCUT2D eigenvalue weighted by Gasteiger charge is -2.26. The second-order valence-corrected chi connectivity index (χ2v) is 7.16. The quantitative estimate of drug-likeness (QED) is 0.602. The molecule has 134 valence electrons. The number of benzene rings is 2. The highest BCUT2D eigenvalue weighted by Gasteiger charge is 2.14. The zero-order chi connectivity index (χ0) is 18.2. The molecule has 27 heavy (non-hydrogen) atoms. The Bertz CT molecular complexity index is 1200. The van der Waals surface area contributed by atoms with Crippen LogP contribution in [0.5, 0.6) is 0 Å². The first-order valence-corrected chi connectivity index (χ1v) is 9.37. The zero-order valence-corrected chi connectivity index (χ0v) is 15.1. The van der Waals surface area contributed by atoms with Crippen LogP contribution < -0.4 is 5.56 Å².